The van der Waals surface area contributed by atoms with Crippen molar-refractivity contribution in [2.24, 2.45) is 0 Å². The predicted octanol–water partition coefficient (Wildman–Crippen LogP) is 3.37. The molecule has 2 aromatic carbocycles. The molecule has 34 heavy (non-hydrogen) atoms. The van der Waals surface area contributed by atoms with Gasteiger partial charge in [0.15, 0.2) is 0 Å². The first-order valence-electron chi connectivity index (χ1n) is 11.5. The number of carbonyl (C=O) groups excluding carboxylic acids is 3. The molecule has 1 spiro atoms. The number of benzene rings is 2. The van der Waals surface area contributed by atoms with E-state index in [0.717, 1.165) is 35.0 Å². The molecule has 1 aliphatic heterocycles. The lowest BCUT2D eigenvalue weighted by Gasteiger charge is -2.38. The molecule has 1 saturated heterocycles. The molecule has 8 nitrogen and oxygen atoms in total. The van der Waals surface area contributed by atoms with Crippen molar-refractivity contribution in [2.45, 2.75) is 50.8 Å². The van der Waals surface area contributed by atoms with Crippen LogP contribution in [0.2, 0.25) is 0 Å². The summed E-state index contributed by atoms with van der Waals surface area (Å²) in [6, 6.07) is 15.9. The summed E-state index contributed by atoms with van der Waals surface area (Å²) in [6.07, 6.45) is 2.83. The Morgan fingerprint density at radius 3 is 2.71 bits per heavy atom. The van der Waals surface area contributed by atoms with Gasteiger partial charge in [-0.1, -0.05) is 31.0 Å². The summed E-state index contributed by atoms with van der Waals surface area (Å²) in [5.41, 5.74) is 2.30. The Balaban J connectivity index is 1.26. The lowest BCUT2D eigenvalue weighted by molar-refractivity contribution is -0.125. The Morgan fingerprint density at radius 2 is 1.94 bits per heavy atom. The van der Waals surface area contributed by atoms with E-state index in [1.807, 2.05) is 37.3 Å². The fraction of sp³-hybridized carbons (Fsp3) is 0.308. The predicted molar refractivity (Wildman–Crippen MR) is 126 cm³/mol. The molecule has 0 radical (unpaired) electrons. The molecule has 3 aromatic rings. The van der Waals surface area contributed by atoms with E-state index in [9.17, 15) is 14.4 Å². The first-order valence-corrected chi connectivity index (χ1v) is 11.5. The number of rotatable bonds is 5. The number of pyridine rings is 1. The zero-order valence-electron chi connectivity index (χ0n) is 18.9. The molecule has 1 saturated carbocycles. The van der Waals surface area contributed by atoms with Gasteiger partial charge in [-0.25, -0.2) is 4.79 Å². The largest absolute Gasteiger partial charge is 0.489 e. The van der Waals surface area contributed by atoms with Crippen LogP contribution in [-0.4, -0.2) is 34.4 Å². The second-order valence-electron chi connectivity index (χ2n) is 8.90. The highest BCUT2D eigenvalue weighted by molar-refractivity contribution is 6.08. The Kier molecular flexibility index (Phi) is 5.65. The number of fused-ring (bicyclic) bond motifs is 1. The van der Waals surface area contributed by atoms with Crippen LogP contribution in [0, 0.1) is 6.92 Å². The maximum atomic E-state index is 12.9. The van der Waals surface area contributed by atoms with Gasteiger partial charge in [0.2, 0.25) is 0 Å². The van der Waals surface area contributed by atoms with Crippen LogP contribution in [0.5, 0.6) is 5.75 Å². The van der Waals surface area contributed by atoms with E-state index in [-0.39, 0.29) is 11.8 Å². The van der Waals surface area contributed by atoms with Crippen molar-refractivity contribution < 1.29 is 19.1 Å². The van der Waals surface area contributed by atoms with Gasteiger partial charge in [0.25, 0.3) is 11.8 Å². The van der Waals surface area contributed by atoms with Crippen molar-refractivity contribution in [1.82, 2.24) is 20.9 Å². The van der Waals surface area contributed by atoms with Crippen LogP contribution in [0.15, 0.2) is 54.6 Å². The molecule has 0 bridgehead atoms. The second kappa shape index (κ2) is 8.78. The molecule has 1 aliphatic carbocycles. The molecular formula is C26H26N4O4. The second-order valence-corrected chi connectivity index (χ2v) is 8.90. The molecule has 3 N–H and O–H groups in total. The maximum Gasteiger partial charge on any atom is 0.322 e. The van der Waals surface area contributed by atoms with E-state index in [1.54, 1.807) is 24.3 Å². The zero-order valence-corrected chi connectivity index (χ0v) is 18.9. The Hall–Kier alpha value is -3.94. The van der Waals surface area contributed by atoms with Crippen molar-refractivity contribution in [2.75, 3.05) is 0 Å². The van der Waals surface area contributed by atoms with Crippen molar-refractivity contribution >= 4 is 28.7 Å². The van der Waals surface area contributed by atoms with E-state index in [1.165, 1.54) is 0 Å². The minimum atomic E-state index is -1.07. The Bertz CT molecular complexity index is 1270. The van der Waals surface area contributed by atoms with Crippen molar-refractivity contribution in [3.05, 3.63) is 71.4 Å². The monoisotopic (exact) mass is 458 g/mol. The van der Waals surface area contributed by atoms with Gasteiger partial charge in [-0.15, -0.1) is 0 Å². The van der Waals surface area contributed by atoms with Crippen LogP contribution in [0.1, 0.15) is 47.3 Å². The number of amides is 4. The van der Waals surface area contributed by atoms with Gasteiger partial charge < -0.3 is 15.4 Å². The van der Waals surface area contributed by atoms with Gasteiger partial charge in [-0.3, -0.25) is 19.9 Å². The van der Waals surface area contributed by atoms with Gasteiger partial charge in [0.05, 0.1) is 11.6 Å². The highest BCUT2D eigenvalue weighted by atomic mass is 16.5. The smallest absolute Gasteiger partial charge is 0.322 e. The van der Waals surface area contributed by atoms with Gasteiger partial charge in [0.1, 0.15) is 17.9 Å². The van der Waals surface area contributed by atoms with Crippen molar-refractivity contribution in [3.63, 3.8) is 0 Å². The molecule has 5 rings (SSSR count). The van der Waals surface area contributed by atoms with E-state index in [2.05, 4.69) is 20.9 Å². The summed E-state index contributed by atoms with van der Waals surface area (Å²) in [4.78, 5) is 41.7. The minimum Gasteiger partial charge on any atom is -0.489 e. The molecule has 4 amide bonds. The van der Waals surface area contributed by atoms with E-state index in [4.69, 9.17) is 4.74 Å². The standard InChI is InChI=1S/C26H26N4O4/c1-16-14-18(20-6-2-3-7-21(20)27-16)15-34-19-11-9-17(10-12-19)23(31)28-22-8-4-5-13-26(22)24(32)29-25(33)30-26/h2-3,6-7,9-12,14,22H,4-5,8,13,15H2,1H3,(H,28,31)(H2,29,30,32,33). The normalized spacial score (nSPS) is 21.9. The van der Waals surface area contributed by atoms with Gasteiger partial charge in [-0.05, 0) is 56.2 Å². The number of carbonyl (C=O) groups is 3. The number of ether oxygens (including phenoxy) is 1. The van der Waals surface area contributed by atoms with Crippen LogP contribution in [0.4, 0.5) is 4.79 Å². The van der Waals surface area contributed by atoms with Crippen LogP contribution in [-0.2, 0) is 11.4 Å². The number of nitrogens with one attached hydrogen (secondary N) is 3. The third-order valence-electron chi connectivity index (χ3n) is 6.62. The molecule has 2 unspecified atom stereocenters. The van der Waals surface area contributed by atoms with Crippen molar-refractivity contribution in [3.8, 4) is 5.75 Å². The molecule has 2 fully saturated rings. The number of aryl methyl sites for hydroxylation is 1. The molecule has 2 aliphatic rings. The van der Waals surface area contributed by atoms with Crippen LogP contribution < -0.4 is 20.7 Å². The number of hydrogen-bond donors (Lipinski definition) is 3. The summed E-state index contributed by atoms with van der Waals surface area (Å²) in [7, 11) is 0. The van der Waals surface area contributed by atoms with Crippen LogP contribution in [0.25, 0.3) is 10.9 Å². The maximum absolute atomic E-state index is 12.9. The summed E-state index contributed by atoms with van der Waals surface area (Å²) in [5.74, 6) is -0.0145. The number of aromatic nitrogens is 1. The molecule has 2 atom stereocenters. The highest BCUT2D eigenvalue weighted by Crippen LogP contribution is 2.31. The summed E-state index contributed by atoms with van der Waals surface area (Å²) in [6.45, 7) is 2.34. The first kappa shape index (κ1) is 21.9. The molecule has 174 valence electrons. The number of para-hydroxylation sites is 1. The SMILES string of the molecule is Cc1cc(COc2ccc(C(=O)NC3CCCCC34NC(=O)NC4=O)cc2)c2ccccc2n1. The fourth-order valence-corrected chi connectivity index (χ4v) is 4.91. The minimum absolute atomic E-state index is 0.289. The van der Waals surface area contributed by atoms with E-state index >= 15 is 0 Å². The number of imide groups is 1. The summed E-state index contributed by atoms with van der Waals surface area (Å²) < 4.78 is 5.98. The lowest BCUT2D eigenvalue weighted by atomic mass is 9.77. The van der Waals surface area contributed by atoms with Crippen LogP contribution >= 0.6 is 0 Å². The summed E-state index contributed by atoms with van der Waals surface area (Å²) in [5, 5.41) is 9.06. The Labute approximate surface area is 197 Å². The Morgan fingerprint density at radius 1 is 1.15 bits per heavy atom. The molecule has 2 heterocycles. The first-order chi connectivity index (χ1) is 16.4. The van der Waals surface area contributed by atoms with Crippen LogP contribution in [0.3, 0.4) is 0 Å². The summed E-state index contributed by atoms with van der Waals surface area (Å²) >= 11 is 0. The average Bonchev–Trinajstić information content (AvgIpc) is 3.12. The fourth-order valence-electron chi connectivity index (χ4n) is 4.91. The van der Waals surface area contributed by atoms with Gasteiger partial charge in [0, 0.05) is 22.2 Å². The van der Waals surface area contributed by atoms with E-state index in [0.29, 0.717) is 30.8 Å². The van der Waals surface area contributed by atoms with Gasteiger partial charge >= 0.3 is 6.03 Å². The molecular weight excluding hydrogens is 432 g/mol. The topological polar surface area (TPSA) is 109 Å². The molecule has 8 heteroatoms. The average molecular weight is 459 g/mol. The number of urea groups is 1. The van der Waals surface area contributed by atoms with E-state index < -0.39 is 17.6 Å². The third-order valence-corrected chi connectivity index (χ3v) is 6.62. The zero-order chi connectivity index (χ0) is 23.7. The molecule has 1 aromatic heterocycles. The quantitative estimate of drug-likeness (QED) is 0.508. The third kappa shape index (κ3) is 4.07. The number of nitrogens with zero attached hydrogens (tertiary/aromatic N) is 1. The number of hydrogen-bond acceptors (Lipinski definition) is 5. The lowest BCUT2D eigenvalue weighted by Crippen LogP contribution is -2.63. The highest BCUT2D eigenvalue weighted by Gasteiger charge is 2.53. The van der Waals surface area contributed by atoms with Crippen molar-refractivity contribution in [1.29, 1.82) is 0 Å². The van der Waals surface area contributed by atoms with Gasteiger partial charge in [-0.2, -0.15) is 0 Å².